The summed E-state index contributed by atoms with van der Waals surface area (Å²) in [6.07, 6.45) is -0.112. The third kappa shape index (κ3) is 9.06. The van der Waals surface area contributed by atoms with Crippen LogP contribution in [0.2, 0.25) is 0 Å². The highest BCUT2D eigenvalue weighted by atomic mass is 32.2. The summed E-state index contributed by atoms with van der Waals surface area (Å²) in [5.41, 5.74) is -1.12. The van der Waals surface area contributed by atoms with E-state index in [-0.39, 0.29) is 12.2 Å². The van der Waals surface area contributed by atoms with Crippen molar-refractivity contribution in [3.8, 4) is 5.75 Å². The molecule has 2 N–H and O–H groups in total. The Morgan fingerprint density at radius 1 is 1.08 bits per heavy atom. The Bertz CT molecular complexity index is 1230. The Morgan fingerprint density at radius 3 is 2.22 bits per heavy atom. The van der Waals surface area contributed by atoms with Crippen LogP contribution in [0.15, 0.2) is 53.4 Å². The summed E-state index contributed by atoms with van der Waals surface area (Å²) >= 11 is 0. The molecule has 2 aromatic carbocycles. The van der Waals surface area contributed by atoms with E-state index in [1.54, 1.807) is 20.8 Å². The van der Waals surface area contributed by atoms with E-state index in [9.17, 15) is 36.9 Å². The van der Waals surface area contributed by atoms with E-state index in [1.807, 2.05) is 0 Å². The van der Waals surface area contributed by atoms with Crippen molar-refractivity contribution in [2.24, 2.45) is 0 Å². The number of ether oxygens (including phenoxy) is 2. The van der Waals surface area contributed by atoms with Crippen molar-refractivity contribution in [3.05, 3.63) is 64.2 Å². The van der Waals surface area contributed by atoms with Gasteiger partial charge in [0.05, 0.1) is 11.0 Å². The average molecular weight is 544 g/mol. The van der Waals surface area contributed by atoms with Gasteiger partial charge in [-0.15, -0.1) is 0 Å². The molecular formula is C23H27F2N3O8S. The van der Waals surface area contributed by atoms with Gasteiger partial charge in [0.15, 0.2) is 4.90 Å². The minimum atomic E-state index is -4.48. The smallest absolute Gasteiger partial charge is 0.387 e. The van der Waals surface area contributed by atoms with Crippen LogP contribution < -0.4 is 14.8 Å². The molecule has 0 aliphatic rings. The fraction of sp³-hybridized carbons (Fsp3) is 0.391. The first-order chi connectivity index (χ1) is 17.1. The number of para-hydroxylation sites is 1. The quantitative estimate of drug-likeness (QED) is 0.249. The van der Waals surface area contributed by atoms with Gasteiger partial charge >= 0.3 is 12.6 Å². The van der Waals surface area contributed by atoms with Gasteiger partial charge in [-0.3, -0.25) is 14.9 Å². The Morgan fingerprint density at radius 2 is 1.68 bits per heavy atom. The van der Waals surface area contributed by atoms with Gasteiger partial charge in [-0.1, -0.05) is 24.3 Å². The van der Waals surface area contributed by atoms with Crippen molar-refractivity contribution in [2.45, 2.75) is 63.3 Å². The summed E-state index contributed by atoms with van der Waals surface area (Å²) in [4.78, 5) is 35.3. The first-order valence-corrected chi connectivity index (χ1v) is 12.4. The van der Waals surface area contributed by atoms with Gasteiger partial charge in [-0.05, 0) is 51.5 Å². The molecule has 0 radical (unpaired) electrons. The highest BCUT2D eigenvalue weighted by Gasteiger charge is 2.32. The molecule has 0 unspecified atom stereocenters. The SMILES string of the molecule is C[C@H](NS(=O)(=O)c1ccccc1[N+](=O)[O-])C(=O)N[C@@H](Cc1ccc(OC(F)F)cc1)C(=O)OC(C)(C)C. The van der Waals surface area contributed by atoms with E-state index in [1.165, 1.54) is 43.3 Å². The molecule has 0 bridgehead atoms. The third-order valence-electron chi connectivity index (χ3n) is 4.67. The van der Waals surface area contributed by atoms with E-state index in [2.05, 4.69) is 14.8 Å². The van der Waals surface area contributed by atoms with Crippen LogP contribution in [0.1, 0.15) is 33.3 Å². The minimum absolute atomic E-state index is 0.102. The number of halogens is 2. The van der Waals surface area contributed by atoms with Gasteiger partial charge in [-0.25, -0.2) is 13.2 Å². The van der Waals surface area contributed by atoms with Crippen molar-refractivity contribution in [1.82, 2.24) is 10.0 Å². The fourth-order valence-corrected chi connectivity index (χ4v) is 4.47. The summed E-state index contributed by atoms with van der Waals surface area (Å²) in [5.74, 6) is -1.83. The molecule has 0 fully saturated rings. The number of nitro groups is 1. The third-order valence-corrected chi connectivity index (χ3v) is 6.26. The second-order valence-electron chi connectivity index (χ2n) is 8.89. The molecule has 11 nitrogen and oxygen atoms in total. The zero-order valence-corrected chi connectivity index (χ0v) is 21.3. The maximum atomic E-state index is 12.8. The van der Waals surface area contributed by atoms with Crippen LogP contribution in [0.25, 0.3) is 0 Å². The zero-order chi connectivity index (χ0) is 28.0. The highest BCUT2D eigenvalue weighted by molar-refractivity contribution is 7.89. The summed E-state index contributed by atoms with van der Waals surface area (Å²) < 4.78 is 61.9. The van der Waals surface area contributed by atoms with Gasteiger partial charge in [0, 0.05) is 12.5 Å². The summed E-state index contributed by atoms with van der Waals surface area (Å²) in [5, 5.41) is 13.6. The Hall–Kier alpha value is -3.65. The minimum Gasteiger partial charge on any atom is -0.458 e. The van der Waals surface area contributed by atoms with Crippen molar-refractivity contribution >= 4 is 27.6 Å². The maximum Gasteiger partial charge on any atom is 0.387 e. The van der Waals surface area contributed by atoms with E-state index in [0.29, 0.717) is 5.56 Å². The number of carbonyl (C=O) groups is 2. The number of benzene rings is 2. The number of hydrogen-bond donors (Lipinski definition) is 2. The largest absolute Gasteiger partial charge is 0.458 e. The maximum absolute atomic E-state index is 12.8. The molecule has 14 heteroatoms. The number of sulfonamides is 1. The second-order valence-corrected chi connectivity index (χ2v) is 10.6. The van der Waals surface area contributed by atoms with Crippen LogP contribution in [-0.2, 0) is 30.8 Å². The monoisotopic (exact) mass is 543 g/mol. The van der Waals surface area contributed by atoms with Crippen LogP contribution >= 0.6 is 0 Å². The highest BCUT2D eigenvalue weighted by Crippen LogP contribution is 2.23. The number of nitro benzene ring substituents is 1. The number of esters is 1. The molecule has 2 aromatic rings. The van der Waals surface area contributed by atoms with Crippen LogP contribution in [0.4, 0.5) is 14.5 Å². The molecule has 0 heterocycles. The molecule has 202 valence electrons. The molecule has 0 aliphatic carbocycles. The summed E-state index contributed by atoms with van der Waals surface area (Å²) in [6, 6.07) is 7.28. The predicted molar refractivity (Wildman–Crippen MR) is 127 cm³/mol. The van der Waals surface area contributed by atoms with Crippen LogP contribution in [0, 0.1) is 10.1 Å². The number of alkyl halides is 2. The molecule has 0 aromatic heterocycles. The molecule has 0 spiro atoms. The molecule has 2 rings (SSSR count). The normalized spacial score (nSPS) is 13.5. The van der Waals surface area contributed by atoms with Crippen molar-refractivity contribution in [2.75, 3.05) is 0 Å². The molecule has 0 saturated carbocycles. The average Bonchev–Trinajstić information content (AvgIpc) is 2.78. The fourth-order valence-electron chi connectivity index (χ4n) is 3.09. The van der Waals surface area contributed by atoms with Crippen molar-refractivity contribution < 1.29 is 41.2 Å². The van der Waals surface area contributed by atoms with E-state index >= 15 is 0 Å². The van der Waals surface area contributed by atoms with E-state index in [4.69, 9.17) is 4.74 Å². The number of amides is 1. The number of nitrogens with one attached hydrogen (secondary N) is 2. The van der Waals surface area contributed by atoms with E-state index in [0.717, 1.165) is 12.1 Å². The molecule has 1 amide bonds. The van der Waals surface area contributed by atoms with Crippen LogP contribution in [0.3, 0.4) is 0 Å². The van der Waals surface area contributed by atoms with Crippen molar-refractivity contribution in [1.29, 1.82) is 0 Å². The van der Waals surface area contributed by atoms with Crippen LogP contribution in [0.5, 0.6) is 5.75 Å². The first-order valence-electron chi connectivity index (χ1n) is 10.9. The zero-order valence-electron chi connectivity index (χ0n) is 20.4. The number of hydrogen-bond acceptors (Lipinski definition) is 8. The first kappa shape index (κ1) is 29.6. The lowest BCUT2D eigenvalue weighted by molar-refractivity contribution is -0.387. The number of rotatable bonds is 11. The standard InChI is InChI=1S/C23H27F2N3O8S/c1-14(27-37(33,34)19-8-6-5-7-18(19)28(31)32)20(29)26-17(21(30)36-23(2,3)4)13-15-9-11-16(12-10-15)35-22(24)25/h5-12,14,17,22,27H,13H2,1-4H3,(H,26,29)/t14-,17-/m0/s1. The van der Waals surface area contributed by atoms with Gasteiger partial charge in [-0.2, -0.15) is 13.5 Å². The Kier molecular flexibility index (Phi) is 9.64. The Balaban J connectivity index is 2.22. The Labute approximate surface area is 212 Å². The topological polar surface area (TPSA) is 154 Å². The lowest BCUT2D eigenvalue weighted by Crippen LogP contribution is -2.52. The second kappa shape index (κ2) is 12.1. The summed E-state index contributed by atoms with van der Waals surface area (Å²) in [7, 11) is -4.48. The van der Waals surface area contributed by atoms with Crippen molar-refractivity contribution in [3.63, 3.8) is 0 Å². The number of carbonyl (C=O) groups excluding carboxylic acids is 2. The molecule has 2 atom stereocenters. The predicted octanol–water partition coefficient (Wildman–Crippen LogP) is 2.93. The molecule has 37 heavy (non-hydrogen) atoms. The van der Waals surface area contributed by atoms with Gasteiger partial charge in [0.1, 0.15) is 17.4 Å². The van der Waals surface area contributed by atoms with E-state index < -0.39 is 61.7 Å². The summed E-state index contributed by atoms with van der Waals surface area (Å²) in [6.45, 7) is 3.03. The lowest BCUT2D eigenvalue weighted by atomic mass is 10.0. The van der Waals surface area contributed by atoms with Gasteiger partial charge < -0.3 is 14.8 Å². The molecular weight excluding hydrogens is 516 g/mol. The lowest BCUT2D eigenvalue weighted by Gasteiger charge is -2.25. The number of nitrogens with zero attached hydrogens (tertiary/aromatic N) is 1. The molecule has 0 aliphatic heterocycles. The van der Waals surface area contributed by atoms with Gasteiger partial charge in [0.2, 0.25) is 15.9 Å². The van der Waals surface area contributed by atoms with Gasteiger partial charge in [0.25, 0.3) is 5.69 Å². The van der Waals surface area contributed by atoms with Crippen LogP contribution in [-0.4, -0.2) is 49.5 Å². The molecule has 0 saturated heterocycles.